The van der Waals surface area contributed by atoms with Crippen molar-refractivity contribution < 1.29 is 14.4 Å². The number of rotatable bonds is 6. The van der Waals surface area contributed by atoms with Crippen LogP contribution in [-0.2, 0) is 13.1 Å². The molecule has 0 atom stereocenters. The minimum atomic E-state index is -0.996. The smallest absolute Gasteiger partial charge is 0.337 e. The molecule has 0 saturated heterocycles. The summed E-state index contributed by atoms with van der Waals surface area (Å²) in [6.07, 6.45) is 4.89. The molecule has 0 unspecified atom stereocenters. The van der Waals surface area contributed by atoms with Crippen molar-refractivity contribution in [1.29, 1.82) is 0 Å². The first-order valence-electron chi connectivity index (χ1n) is 7.22. The van der Waals surface area contributed by atoms with E-state index < -0.39 is 5.97 Å². The topological polar surface area (TPSA) is 105 Å². The number of carboxylic acid groups (broad SMARTS) is 1. The van der Waals surface area contributed by atoms with Crippen LogP contribution in [0, 0.1) is 0 Å². The molecule has 3 heterocycles. The average Bonchev–Trinajstić information content (AvgIpc) is 3.04. The summed E-state index contributed by atoms with van der Waals surface area (Å²) in [5, 5.41) is 13.1. The summed E-state index contributed by atoms with van der Waals surface area (Å²) < 4.78 is 5.25. The van der Waals surface area contributed by atoms with Gasteiger partial charge in [-0.05, 0) is 31.3 Å². The van der Waals surface area contributed by atoms with Crippen LogP contribution in [0.5, 0.6) is 0 Å². The van der Waals surface area contributed by atoms with Crippen molar-refractivity contribution in [2.75, 3.05) is 7.05 Å². The predicted molar refractivity (Wildman–Crippen MR) is 83.9 cm³/mol. The second-order valence-electron chi connectivity index (χ2n) is 5.22. The highest BCUT2D eigenvalue weighted by Gasteiger charge is 2.15. The van der Waals surface area contributed by atoms with Gasteiger partial charge in [0.05, 0.1) is 17.8 Å². The highest BCUT2D eigenvalue weighted by molar-refractivity contribution is 5.88. The van der Waals surface area contributed by atoms with Gasteiger partial charge in [0.15, 0.2) is 0 Å². The van der Waals surface area contributed by atoms with E-state index in [1.165, 1.54) is 6.07 Å². The molecule has 0 aliphatic carbocycles. The van der Waals surface area contributed by atoms with Crippen LogP contribution >= 0.6 is 0 Å². The standard InChI is InChI=1S/C16H15N5O3/c1-21(9-13-12(16(22)23)3-2-6-18-13)10-14-19-15(20-24-14)11-4-7-17-8-5-11/h2-8H,9-10H2,1H3,(H,22,23). The van der Waals surface area contributed by atoms with Gasteiger partial charge in [-0.3, -0.25) is 14.9 Å². The molecule has 3 rings (SSSR count). The Hall–Kier alpha value is -3.13. The second-order valence-corrected chi connectivity index (χ2v) is 5.22. The van der Waals surface area contributed by atoms with Crippen molar-refractivity contribution in [3.05, 3.63) is 60.0 Å². The second kappa shape index (κ2) is 6.97. The number of nitrogens with zero attached hydrogens (tertiary/aromatic N) is 5. The molecule has 0 aromatic carbocycles. The molecule has 122 valence electrons. The summed E-state index contributed by atoms with van der Waals surface area (Å²) in [4.78, 5) is 25.5. The minimum Gasteiger partial charge on any atom is -0.478 e. The minimum absolute atomic E-state index is 0.187. The van der Waals surface area contributed by atoms with E-state index in [9.17, 15) is 9.90 Å². The number of carbonyl (C=O) groups is 1. The first-order valence-corrected chi connectivity index (χ1v) is 7.22. The van der Waals surface area contributed by atoms with Gasteiger partial charge in [-0.15, -0.1) is 0 Å². The van der Waals surface area contributed by atoms with Gasteiger partial charge in [0.1, 0.15) is 0 Å². The fourth-order valence-corrected chi connectivity index (χ4v) is 2.24. The van der Waals surface area contributed by atoms with Crippen LogP contribution in [0.15, 0.2) is 47.4 Å². The maximum atomic E-state index is 11.2. The van der Waals surface area contributed by atoms with E-state index in [1.807, 2.05) is 11.9 Å². The fourth-order valence-electron chi connectivity index (χ4n) is 2.24. The summed E-state index contributed by atoms with van der Waals surface area (Å²) in [5.41, 5.74) is 1.49. The number of hydrogen-bond donors (Lipinski definition) is 1. The van der Waals surface area contributed by atoms with Crippen molar-refractivity contribution in [1.82, 2.24) is 25.0 Å². The molecule has 8 nitrogen and oxygen atoms in total. The molecule has 1 N–H and O–H groups in total. The molecule has 0 bridgehead atoms. The molecule has 0 aliphatic rings. The lowest BCUT2D eigenvalue weighted by Gasteiger charge is -2.14. The summed E-state index contributed by atoms with van der Waals surface area (Å²) in [5.74, 6) is -0.0637. The Labute approximate surface area is 137 Å². The normalized spacial score (nSPS) is 10.9. The molecular weight excluding hydrogens is 310 g/mol. The van der Waals surface area contributed by atoms with Gasteiger partial charge in [-0.25, -0.2) is 4.79 Å². The van der Waals surface area contributed by atoms with Gasteiger partial charge in [0.25, 0.3) is 0 Å². The molecule has 0 radical (unpaired) electrons. The Bertz CT molecular complexity index is 834. The van der Waals surface area contributed by atoms with Gasteiger partial charge in [0, 0.05) is 30.7 Å². The molecule has 0 fully saturated rings. The van der Waals surface area contributed by atoms with Crippen molar-refractivity contribution >= 4 is 5.97 Å². The Balaban J connectivity index is 1.69. The molecule has 24 heavy (non-hydrogen) atoms. The lowest BCUT2D eigenvalue weighted by atomic mass is 10.2. The van der Waals surface area contributed by atoms with Gasteiger partial charge in [-0.1, -0.05) is 5.16 Å². The molecule has 8 heteroatoms. The van der Waals surface area contributed by atoms with Crippen molar-refractivity contribution in [2.45, 2.75) is 13.1 Å². The van der Waals surface area contributed by atoms with Crippen molar-refractivity contribution in [2.24, 2.45) is 0 Å². The zero-order valence-electron chi connectivity index (χ0n) is 13.0. The number of carboxylic acids is 1. The Morgan fingerprint density at radius 3 is 2.75 bits per heavy atom. The number of aromatic carboxylic acids is 1. The highest BCUT2D eigenvalue weighted by atomic mass is 16.5. The maximum Gasteiger partial charge on any atom is 0.337 e. The Morgan fingerprint density at radius 1 is 1.21 bits per heavy atom. The van der Waals surface area contributed by atoms with Crippen LogP contribution in [-0.4, -0.2) is 43.1 Å². The Morgan fingerprint density at radius 2 is 2.00 bits per heavy atom. The van der Waals surface area contributed by atoms with Crippen LogP contribution in [0.1, 0.15) is 21.9 Å². The summed E-state index contributed by atoms with van der Waals surface area (Å²) in [7, 11) is 1.83. The van der Waals surface area contributed by atoms with Crippen LogP contribution < -0.4 is 0 Å². The van der Waals surface area contributed by atoms with Gasteiger partial charge >= 0.3 is 5.97 Å². The molecule has 3 aromatic rings. The first-order chi connectivity index (χ1) is 11.6. The largest absolute Gasteiger partial charge is 0.478 e. The lowest BCUT2D eigenvalue weighted by molar-refractivity contribution is 0.0694. The molecule has 0 saturated carbocycles. The number of aromatic nitrogens is 4. The van der Waals surface area contributed by atoms with Crippen LogP contribution in [0.25, 0.3) is 11.4 Å². The highest BCUT2D eigenvalue weighted by Crippen LogP contribution is 2.15. The lowest BCUT2D eigenvalue weighted by Crippen LogP contribution is -2.20. The monoisotopic (exact) mass is 325 g/mol. The quantitative estimate of drug-likeness (QED) is 0.732. The van der Waals surface area contributed by atoms with E-state index in [4.69, 9.17) is 4.52 Å². The summed E-state index contributed by atoms with van der Waals surface area (Å²) in [6, 6.07) is 6.73. The van der Waals surface area contributed by atoms with Gasteiger partial charge in [0.2, 0.25) is 11.7 Å². The summed E-state index contributed by atoms with van der Waals surface area (Å²) in [6.45, 7) is 0.739. The van der Waals surface area contributed by atoms with Crippen LogP contribution in [0.2, 0.25) is 0 Å². The predicted octanol–water partition coefficient (Wildman–Crippen LogP) is 1.86. The molecule has 3 aromatic heterocycles. The van der Waals surface area contributed by atoms with E-state index >= 15 is 0 Å². The van der Waals surface area contributed by atoms with E-state index in [-0.39, 0.29) is 5.56 Å². The molecule has 0 spiro atoms. The maximum absolute atomic E-state index is 11.2. The third-order valence-electron chi connectivity index (χ3n) is 3.35. The number of hydrogen-bond acceptors (Lipinski definition) is 7. The zero-order valence-corrected chi connectivity index (χ0v) is 13.0. The summed E-state index contributed by atoms with van der Waals surface area (Å²) >= 11 is 0. The van der Waals surface area contributed by atoms with Crippen LogP contribution in [0.4, 0.5) is 0 Å². The third kappa shape index (κ3) is 3.61. The first kappa shape index (κ1) is 15.8. The van der Waals surface area contributed by atoms with Crippen LogP contribution in [0.3, 0.4) is 0 Å². The average molecular weight is 325 g/mol. The zero-order chi connectivity index (χ0) is 16.9. The molecule has 0 aliphatic heterocycles. The van der Waals surface area contributed by atoms with E-state index in [0.29, 0.717) is 30.5 Å². The van der Waals surface area contributed by atoms with Crippen molar-refractivity contribution in [3.63, 3.8) is 0 Å². The van der Waals surface area contributed by atoms with Gasteiger partial charge < -0.3 is 9.63 Å². The third-order valence-corrected chi connectivity index (χ3v) is 3.35. The molecule has 0 amide bonds. The van der Waals surface area contributed by atoms with E-state index in [2.05, 4.69) is 20.1 Å². The fraction of sp³-hybridized carbons (Fsp3) is 0.188. The molecular formula is C16H15N5O3. The van der Waals surface area contributed by atoms with E-state index in [1.54, 1.807) is 36.8 Å². The van der Waals surface area contributed by atoms with Gasteiger partial charge in [-0.2, -0.15) is 4.98 Å². The Kier molecular flexibility index (Phi) is 4.57. The number of pyridine rings is 2. The SMILES string of the molecule is CN(Cc1nc(-c2ccncc2)no1)Cc1ncccc1C(=O)O. The van der Waals surface area contributed by atoms with Crippen molar-refractivity contribution in [3.8, 4) is 11.4 Å². The van der Waals surface area contributed by atoms with E-state index in [0.717, 1.165) is 5.56 Å².